The van der Waals surface area contributed by atoms with Crippen molar-refractivity contribution in [3.05, 3.63) is 71.8 Å². The molecule has 0 saturated carbocycles. The molecular weight excluding hydrogens is 429 g/mol. The molecule has 0 spiro atoms. The number of nitrogens with one attached hydrogen (secondary N) is 1. The summed E-state index contributed by atoms with van der Waals surface area (Å²) in [6.45, 7) is 2.77. The minimum Gasteiger partial charge on any atom is -0.461 e. The maximum absolute atomic E-state index is 12.3. The van der Waals surface area contributed by atoms with Crippen LogP contribution >= 0.6 is 8.69 Å². The summed E-state index contributed by atoms with van der Waals surface area (Å²) in [5, 5.41) is 2.86. The fraction of sp³-hybridized carbons (Fsp3) is 0.417. The van der Waals surface area contributed by atoms with Crippen LogP contribution in [0, 0.1) is 5.92 Å². The third kappa shape index (κ3) is 11.0. The van der Waals surface area contributed by atoms with E-state index in [1.54, 1.807) is 0 Å². The topological polar surface area (TPSA) is 90.9 Å². The van der Waals surface area contributed by atoms with Crippen LogP contribution in [0.2, 0.25) is 0 Å². The second kappa shape index (κ2) is 15.1. The van der Waals surface area contributed by atoms with Crippen molar-refractivity contribution in [1.82, 2.24) is 5.32 Å². The Balaban J connectivity index is 1.82. The Morgan fingerprint density at radius 3 is 2.09 bits per heavy atom. The predicted octanol–water partition coefficient (Wildman–Crippen LogP) is 5.44. The van der Waals surface area contributed by atoms with Crippen molar-refractivity contribution < 1.29 is 28.2 Å². The molecule has 0 aliphatic carbocycles. The van der Waals surface area contributed by atoms with Crippen LogP contribution in [-0.2, 0) is 36.6 Å². The largest absolute Gasteiger partial charge is 0.461 e. The summed E-state index contributed by atoms with van der Waals surface area (Å²) < 4.78 is 25.9. The Kier molecular flexibility index (Phi) is 12.0. The molecule has 0 aliphatic heterocycles. The molecule has 2 atom stereocenters. The quantitative estimate of drug-likeness (QED) is 0.230. The average Bonchev–Trinajstić information content (AvgIpc) is 2.81. The number of amides is 1. The van der Waals surface area contributed by atoms with E-state index in [4.69, 9.17) is 14.0 Å². The molecule has 2 aromatic carbocycles. The van der Waals surface area contributed by atoms with Crippen LogP contribution in [0.5, 0.6) is 0 Å². The smallest absolute Gasteiger partial charge is 0.407 e. The number of ether oxygens (including phenoxy) is 2. The van der Waals surface area contributed by atoms with E-state index in [1.807, 2.05) is 67.6 Å². The van der Waals surface area contributed by atoms with E-state index >= 15 is 0 Å². The molecule has 172 valence electrons. The van der Waals surface area contributed by atoms with Crippen LogP contribution in [0.15, 0.2) is 60.7 Å². The molecule has 2 rings (SSSR count). The summed E-state index contributed by atoms with van der Waals surface area (Å²) in [7, 11) is -0.343. The zero-order chi connectivity index (χ0) is 23.0. The third-order valence-corrected chi connectivity index (χ3v) is 5.20. The maximum atomic E-state index is 12.3. The molecule has 8 heteroatoms. The number of hydrogen-bond acceptors (Lipinski definition) is 6. The van der Waals surface area contributed by atoms with Crippen LogP contribution in [0.1, 0.15) is 43.7 Å². The molecule has 1 N–H and O–H groups in total. The second-order valence-electron chi connectivity index (χ2n) is 7.63. The van der Waals surface area contributed by atoms with E-state index in [0.717, 1.165) is 11.1 Å². The zero-order valence-electron chi connectivity index (χ0n) is 18.3. The Hall–Kier alpha value is -2.76. The van der Waals surface area contributed by atoms with Crippen molar-refractivity contribution in [2.24, 2.45) is 5.92 Å². The molecule has 1 amide bonds. The van der Waals surface area contributed by atoms with Crippen LogP contribution in [0.4, 0.5) is 4.79 Å². The van der Waals surface area contributed by atoms with E-state index in [0.29, 0.717) is 25.9 Å². The highest BCUT2D eigenvalue weighted by molar-refractivity contribution is 7.17. The maximum Gasteiger partial charge on any atom is 0.407 e. The Morgan fingerprint density at radius 1 is 0.906 bits per heavy atom. The zero-order valence-corrected chi connectivity index (χ0v) is 19.2. The molecule has 0 radical (unpaired) electrons. The molecule has 2 unspecified atom stereocenters. The monoisotopic (exact) mass is 459 g/mol. The van der Waals surface area contributed by atoms with Crippen molar-refractivity contribution in [2.75, 3.05) is 6.61 Å². The molecule has 2 aromatic rings. The van der Waals surface area contributed by atoms with Gasteiger partial charge in [0.2, 0.25) is 0 Å². The summed E-state index contributed by atoms with van der Waals surface area (Å²) in [6, 6.07) is 18.6. The lowest BCUT2D eigenvalue weighted by Gasteiger charge is -2.22. The van der Waals surface area contributed by atoms with Gasteiger partial charge in [-0.25, -0.2) is 9.36 Å². The summed E-state index contributed by atoms with van der Waals surface area (Å²) in [4.78, 5) is 24.5. The number of carbonyl (C=O) groups is 2. The molecule has 32 heavy (non-hydrogen) atoms. The van der Waals surface area contributed by atoms with Crippen LogP contribution in [0.25, 0.3) is 0 Å². The molecule has 0 saturated heterocycles. The van der Waals surface area contributed by atoms with Crippen molar-refractivity contribution in [2.45, 2.75) is 51.9 Å². The van der Waals surface area contributed by atoms with Gasteiger partial charge in [0.05, 0.1) is 6.61 Å². The highest BCUT2D eigenvalue weighted by Gasteiger charge is 2.19. The van der Waals surface area contributed by atoms with Gasteiger partial charge in [0.25, 0.3) is 0 Å². The van der Waals surface area contributed by atoms with Gasteiger partial charge >= 0.3 is 20.7 Å². The van der Waals surface area contributed by atoms with Gasteiger partial charge in [-0.05, 0) is 36.3 Å². The fourth-order valence-electron chi connectivity index (χ4n) is 3.18. The van der Waals surface area contributed by atoms with Crippen LogP contribution in [-0.4, -0.2) is 24.7 Å². The third-order valence-electron chi connectivity index (χ3n) is 4.92. The fourth-order valence-corrected chi connectivity index (χ4v) is 3.36. The first-order valence-electron chi connectivity index (χ1n) is 10.7. The van der Waals surface area contributed by atoms with Gasteiger partial charge in [0.15, 0.2) is 0 Å². The number of hydrogen-bond donors (Lipinski definition) is 1. The average molecular weight is 459 g/mol. The molecule has 0 aliphatic rings. The Bertz CT molecular complexity index is 818. The SMILES string of the molecule is CC(CCOP=O)CC(CCC(=O)OCc1ccccc1)NC(=O)OCc1ccccc1. The standard InChI is InChI=1S/C24H30NO6P/c1-19(14-15-31-32-28)16-22(25-24(27)30-18-21-10-6-3-7-11-21)12-13-23(26)29-17-20-8-4-2-5-9-20/h2-11,19,22H,12-18H2,1H3,(H,25,27). The second-order valence-corrected chi connectivity index (χ2v) is 8.03. The van der Waals surface area contributed by atoms with Gasteiger partial charge in [-0.15, -0.1) is 0 Å². The number of esters is 1. The van der Waals surface area contributed by atoms with Gasteiger partial charge in [-0.3, -0.25) is 9.32 Å². The molecule has 0 heterocycles. The van der Waals surface area contributed by atoms with Gasteiger partial charge in [-0.1, -0.05) is 67.6 Å². The van der Waals surface area contributed by atoms with Crippen LogP contribution in [0.3, 0.4) is 0 Å². The summed E-state index contributed by atoms with van der Waals surface area (Å²) in [5.41, 5.74) is 1.82. The number of benzene rings is 2. The molecule has 0 aromatic heterocycles. The number of rotatable bonds is 14. The van der Waals surface area contributed by atoms with Gasteiger partial charge in [0, 0.05) is 12.5 Å². The Labute approximate surface area is 190 Å². The van der Waals surface area contributed by atoms with E-state index in [9.17, 15) is 14.2 Å². The molecular formula is C24H30NO6P. The lowest BCUT2D eigenvalue weighted by molar-refractivity contribution is -0.145. The van der Waals surface area contributed by atoms with E-state index in [1.165, 1.54) is 0 Å². The first kappa shape index (κ1) is 25.5. The van der Waals surface area contributed by atoms with Crippen molar-refractivity contribution in [1.29, 1.82) is 0 Å². The summed E-state index contributed by atoms with van der Waals surface area (Å²) >= 11 is 0. The van der Waals surface area contributed by atoms with Crippen molar-refractivity contribution >= 4 is 20.7 Å². The van der Waals surface area contributed by atoms with E-state index in [-0.39, 0.29) is 46.3 Å². The van der Waals surface area contributed by atoms with Gasteiger partial charge in [0.1, 0.15) is 13.2 Å². The normalized spacial score (nSPS) is 12.7. The first-order chi connectivity index (χ1) is 15.6. The Morgan fingerprint density at radius 2 is 1.50 bits per heavy atom. The lowest BCUT2D eigenvalue weighted by atomic mass is 9.96. The molecule has 0 fully saturated rings. The first-order valence-corrected chi connectivity index (χ1v) is 11.4. The summed E-state index contributed by atoms with van der Waals surface area (Å²) in [6.07, 6.45) is 1.40. The van der Waals surface area contributed by atoms with Gasteiger partial charge < -0.3 is 14.8 Å². The lowest BCUT2D eigenvalue weighted by Crippen LogP contribution is -2.37. The predicted molar refractivity (Wildman–Crippen MR) is 121 cm³/mol. The number of carbonyl (C=O) groups excluding carboxylic acids is 2. The van der Waals surface area contributed by atoms with Crippen molar-refractivity contribution in [3.63, 3.8) is 0 Å². The van der Waals surface area contributed by atoms with Gasteiger partial charge in [-0.2, -0.15) is 0 Å². The summed E-state index contributed by atoms with van der Waals surface area (Å²) in [5.74, 6) is -0.129. The minimum absolute atomic E-state index is 0.171. The van der Waals surface area contributed by atoms with Crippen molar-refractivity contribution in [3.8, 4) is 0 Å². The number of alkyl carbamates (subject to hydrolysis) is 1. The van der Waals surface area contributed by atoms with Crippen LogP contribution < -0.4 is 5.32 Å². The molecule has 7 nitrogen and oxygen atoms in total. The van der Waals surface area contributed by atoms with E-state index < -0.39 is 6.09 Å². The van der Waals surface area contributed by atoms with E-state index in [2.05, 4.69) is 5.32 Å². The minimum atomic E-state index is -0.530. The highest BCUT2D eigenvalue weighted by Crippen LogP contribution is 2.16. The highest BCUT2D eigenvalue weighted by atomic mass is 31.1. The molecule has 0 bridgehead atoms.